The van der Waals surface area contributed by atoms with Crippen LogP contribution in [0.25, 0.3) is 0 Å². The maximum Gasteiger partial charge on any atom is 0.122 e. The lowest BCUT2D eigenvalue weighted by Crippen LogP contribution is -2.34. The van der Waals surface area contributed by atoms with Gasteiger partial charge in [0.05, 0.1) is 16.7 Å². The molecule has 2 aromatic carbocycles. The molecule has 0 radical (unpaired) electrons. The van der Waals surface area contributed by atoms with Crippen molar-refractivity contribution in [2.75, 3.05) is 6.61 Å². The molecule has 2 unspecified atom stereocenters. The molecule has 2 aromatic rings. The van der Waals surface area contributed by atoms with Crippen LogP contribution in [0.1, 0.15) is 23.5 Å². The van der Waals surface area contributed by atoms with Gasteiger partial charge in [0.25, 0.3) is 0 Å². The Balaban J connectivity index is 1.83. The molecule has 0 aliphatic carbocycles. The third kappa shape index (κ3) is 3.03. The molecular weight excluding hydrogens is 305 g/mol. The zero-order valence-corrected chi connectivity index (χ0v) is 13.1. The minimum Gasteiger partial charge on any atom is -0.493 e. The van der Waals surface area contributed by atoms with E-state index in [4.69, 9.17) is 33.7 Å². The summed E-state index contributed by atoms with van der Waals surface area (Å²) in [5.41, 5.74) is 8.65. The third-order valence-corrected chi connectivity index (χ3v) is 4.87. The van der Waals surface area contributed by atoms with Crippen LogP contribution in [-0.2, 0) is 6.42 Å². The SMILES string of the molecule is NC(Cc1cccc(Cl)c1Cl)C1CCOc2ccccc21. The number of para-hydroxylation sites is 1. The van der Waals surface area contributed by atoms with Crippen LogP contribution in [0.15, 0.2) is 42.5 Å². The molecular formula is C17H17Cl2NO. The predicted octanol–water partition coefficient (Wildman–Crippen LogP) is 4.43. The molecule has 0 aromatic heterocycles. The molecule has 4 heteroatoms. The number of rotatable bonds is 3. The summed E-state index contributed by atoms with van der Waals surface area (Å²) < 4.78 is 5.69. The number of nitrogens with two attached hydrogens (primary N) is 1. The van der Waals surface area contributed by atoms with Crippen LogP contribution in [0.5, 0.6) is 5.75 Å². The van der Waals surface area contributed by atoms with Gasteiger partial charge in [0.1, 0.15) is 5.75 Å². The van der Waals surface area contributed by atoms with Crippen LogP contribution < -0.4 is 10.5 Å². The van der Waals surface area contributed by atoms with Crippen molar-refractivity contribution in [2.45, 2.75) is 24.8 Å². The molecule has 1 aliphatic rings. The lowest BCUT2D eigenvalue weighted by Gasteiger charge is -2.30. The van der Waals surface area contributed by atoms with Gasteiger partial charge in [0.15, 0.2) is 0 Å². The largest absolute Gasteiger partial charge is 0.493 e. The molecule has 2 N–H and O–H groups in total. The van der Waals surface area contributed by atoms with Gasteiger partial charge in [-0.05, 0) is 36.1 Å². The topological polar surface area (TPSA) is 35.2 Å². The number of fused-ring (bicyclic) bond motifs is 1. The van der Waals surface area contributed by atoms with E-state index in [1.54, 1.807) is 6.07 Å². The summed E-state index contributed by atoms with van der Waals surface area (Å²) in [4.78, 5) is 0. The predicted molar refractivity (Wildman–Crippen MR) is 87.4 cm³/mol. The van der Waals surface area contributed by atoms with E-state index in [1.807, 2.05) is 30.3 Å². The highest BCUT2D eigenvalue weighted by Crippen LogP contribution is 2.36. The van der Waals surface area contributed by atoms with Crippen molar-refractivity contribution in [2.24, 2.45) is 5.73 Å². The Hall–Kier alpha value is -1.22. The van der Waals surface area contributed by atoms with Crippen LogP contribution in [-0.4, -0.2) is 12.6 Å². The minimum absolute atomic E-state index is 0.00832. The van der Waals surface area contributed by atoms with Crippen molar-refractivity contribution in [1.82, 2.24) is 0 Å². The van der Waals surface area contributed by atoms with E-state index >= 15 is 0 Å². The van der Waals surface area contributed by atoms with E-state index in [-0.39, 0.29) is 12.0 Å². The summed E-state index contributed by atoms with van der Waals surface area (Å²) in [6.07, 6.45) is 1.63. The molecule has 0 bridgehead atoms. The van der Waals surface area contributed by atoms with Gasteiger partial charge in [-0.15, -0.1) is 0 Å². The fourth-order valence-electron chi connectivity index (χ4n) is 2.92. The Morgan fingerprint density at radius 3 is 2.81 bits per heavy atom. The standard InChI is InChI=1S/C17H17Cl2NO/c18-14-6-3-4-11(17(14)19)10-15(20)12-8-9-21-16-7-2-1-5-13(12)16/h1-7,12,15H,8-10,20H2. The van der Waals surface area contributed by atoms with E-state index in [9.17, 15) is 0 Å². The highest BCUT2D eigenvalue weighted by molar-refractivity contribution is 6.42. The van der Waals surface area contributed by atoms with Crippen LogP contribution in [0.3, 0.4) is 0 Å². The maximum atomic E-state index is 6.46. The molecule has 2 nitrogen and oxygen atoms in total. The van der Waals surface area contributed by atoms with Crippen molar-refractivity contribution < 1.29 is 4.74 Å². The van der Waals surface area contributed by atoms with Gasteiger partial charge in [-0.1, -0.05) is 53.5 Å². The summed E-state index contributed by atoms with van der Waals surface area (Å²) >= 11 is 12.3. The first kappa shape index (κ1) is 14.7. The van der Waals surface area contributed by atoms with Crippen molar-refractivity contribution in [3.8, 4) is 5.75 Å². The molecule has 0 saturated heterocycles. The van der Waals surface area contributed by atoms with E-state index in [1.165, 1.54) is 5.56 Å². The molecule has 0 spiro atoms. The van der Waals surface area contributed by atoms with Gasteiger partial charge in [0, 0.05) is 12.0 Å². The zero-order valence-electron chi connectivity index (χ0n) is 11.6. The van der Waals surface area contributed by atoms with Crippen molar-refractivity contribution in [1.29, 1.82) is 0 Å². The van der Waals surface area contributed by atoms with Gasteiger partial charge in [0.2, 0.25) is 0 Å². The molecule has 0 fully saturated rings. The van der Waals surface area contributed by atoms with Crippen molar-refractivity contribution in [3.05, 3.63) is 63.6 Å². The summed E-state index contributed by atoms with van der Waals surface area (Å²) in [5, 5.41) is 1.18. The van der Waals surface area contributed by atoms with Gasteiger partial charge in [-0.2, -0.15) is 0 Å². The molecule has 2 atom stereocenters. The monoisotopic (exact) mass is 321 g/mol. The first-order chi connectivity index (χ1) is 10.2. The molecule has 110 valence electrons. The van der Waals surface area contributed by atoms with Gasteiger partial charge < -0.3 is 10.5 Å². The van der Waals surface area contributed by atoms with E-state index < -0.39 is 0 Å². The summed E-state index contributed by atoms with van der Waals surface area (Å²) in [6, 6.07) is 13.8. The Kier molecular flexibility index (Phi) is 4.39. The second kappa shape index (κ2) is 6.27. The number of benzene rings is 2. The third-order valence-electron chi connectivity index (χ3n) is 4.01. The first-order valence-corrected chi connectivity index (χ1v) is 7.82. The normalized spacial score (nSPS) is 18.7. The number of hydrogen-bond acceptors (Lipinski definition) is 2. The number of halogens is 2. The molecule has 0 saturated carbocycles. The Morgan fingerprint density at radius 1 is 1.14 bits per heavy atom. The second-order valence-corrected chi connectivity index (χ2v) is 6.15. The van der Waals surface area contributed by atoms with Crippen LogP contribution >= 0.6 is 23.2 Å². The lowest BCUT2D eigenvalue weighted by atomic mass is 9.84. The molecule has 0 amide bonds. The molecule has 1 heterocycles. The average Bonchev–Trinajstić information content (AvgIpc) is 2.51. The fraction of sp³-hybridized carbons (Fsp3) is 0.294. The zero-order chi connectivity index (χ0) is 14.8. The first-order valence-electron chi connectivity index (χ1n) is 7.07. The second-order valence-electron chi connectivity index (χ2n) is 5.36. The van der Waals surface area contributed by atoms with E-state index in [0.717, 1.165) is 17.7 Å². The van der Waals surface area contributed by atoms with E-state index in [0.29, 0.717) is 23.1 Å². The highest BCUT2D eigenvalue weighted by Gasteiger charge is 2.27. The summed E-state index contributed by atoms with van der Waals surface area (Å²) in [7, 11) is 0. The summed E-state index contributed by atoms with van der Waals surface area (Å²) in [6.45, 7) is 0.707. The lowest BCUT2D eigenvalue weighted by molar-refractivity contribution is 0.254. The van der Waals surface area contributed by atoms with Crippen molar-refractivity contribution >= 4 is 23.2 Å². The quantitative estimate of drug-likeness (QED) is 0.907. The van der Waals surface area contributed by atoms with Crippen LogP contribution in [0.4, 0.5) is 0 Å². The molecule has 21 heavy (non-hydrogen) atoms. The number of ether oxygens (including phenoxy) is 1. The van der Waals surface area contributed by atoms with Gasteiger partial charge >= 0.3 is 0 Å². The minimum atomic E-state index is -0.00832. The smallest absolute Gasteiger partial charge is 0.122 e. The van der Waals surface area contributed by atoms with Crippen molar-refractivity contribution in [3.63, 3.8) is 0 Å². The average molecular weight is 322 g/mol. The Bertz CT molecular complexity index is 644. The van der Waals surface area contributed by atoms with Crippen LogP contribution in [0, 0.1) is 0 Å². The molecule has 3 rings (SSSR count). The Morgan fingerprint density at radius 2 is 1.95 bits per heavy atom. The van der Waals surface area contributed by atoms with E-state index in [2.05, 4.69) is 6.07 Å². The van der Waals surface area contributed by atoms with Gasteiger partial charge in [-0.25, -0.2) is 0 Å². The number of hydrogen-bond donors (Lipinski definition) is 1. The van der Waals surface area contributed by atoms with Crippen LogP contribution in [0.2, 0.25) is 10.0 Å². The van der Waals surface area contributed by atoms with Gasteiger partial charge in [-0.3, -0.25) is 0 Å². The highest BCUT2D eigenvalue weighted by atomic mass is 35.5. The molecule has 1 aliphatic heterocycles. The maximum absolute atomic E-state index is 6.46. The summed E-state index contributed by atoms with van der Waals surface area (Å²) in [5.74, 6) is 1.23. The Labute approximate surface area is 134 Å². The fourth-order valence-corrected chi connectivity index (χ4v) is 3.31.